The van der Waals surface area contributed by atoms with Crippen LogP contribution < -0.4 is 10.1 Å². The molecule has 1 fully saturated rings. The van der Waals surface area contributed by atoms with Crippen molar-refractivity contribution in [3.8, 4) is 5.75 Å². The fraction of sp³-hybridized carbons (Fsp3) is 0.462. The average Bonchev–Trinajstić information content (AvgIpc) is 3.18. The number of ether oxygens (including phenoxy) is 1. The van der Waals surface area contributed by atoms with Gasteiger partial charge in [0.15, 0.2) is 0 Å². The minimum absolute atomic E-state index is 0.139. The van der Waals surface area contributed by atoms with Gasteiger partial charge in [0.1, 0.15) is 11.6 Å². The van der Waals surface area contributed by atoms with Crippen LogP contribution in [0, 0.1) is 12.8 Å². The number of imidazole rings is 1. The zero-order valence-corrected chi connectivity index (χ0v) is 19.7. The van der Waals surface area contributed by atoms with E-state index in [4.69, 9.17) is 21.3 Å². The summed E-state index contributed by atoms with van der Waals surface area (Å²) in [6, 6.07) is 13.7. The fourth-order valence-corrected chi connectivity index (χ4v) is 4.66. The van der Waals surface area contributed by atoms with Crippen LogP contribution in [0.15, 0.2) is 42.5 Å². The first-order valence-electron chi connectivity index (χ1n) is 11.7. The molecule has 170 valence electrons. The molecule has 1 heterocycles. The monoisotopic (exact) mass is 453 g/mol. The van der Waals surface area contributed by atoms with E-state index in [0.29, 0.717) is 6.61 Å². The van der Waals surface area contributed by atoms with Gasteiger partial charge in [0.05, 0.1) is 23.7 Å². The number of fused-ring (bicyclic) bond motifs is 1. The highest BCUT2D eigenvalue weighted by Crippen LogP contribution is 2.26. The van der Waals surface area contributed by atoms with Crippen LogP contribution >= 0.6 is 11.6 Å². The Labute approximate surface area is 195 Å². The van der Waals surface area contributed by atoms with E-state index in [1.165, 1.54) is 6.42 Å². The van der Waals surface area contributed by atoms with Gasteiger partial charge < -0.3 is 14.6 Å². The van der Waals surface area contributed by atoms with Crippen LogP contribution in [0.5, 0.6) is 5.75 Å². The summed E-state index contributed by atoms with van der Waals surface area (Å²) in [5, 5.41) is 3.98. The minimum atomic E-state index is -0.142. The third-order valence-corrected chi connectivity index (χ3v) is 6.75. The Bertz CT molecular complexity index is 1070. The number of hydrogen-bond donors (Lipinski definition) is 1. The molecule has 4 rings (SSSR count). The first-order valence-corrected chi connectivity index (χ1v) is 12.0. The van der Waals surface area contributed by atoms with Crippen molar-refractivity contribution in [2.75, 3.05) is 6.61 Å². The summed E-state index contributed by atoms with van der Waals surface area (Å²) in [5.74, 6) is 2.03. The maximum absolute atomic E-state index is 12.8. The average molecular weight is 454 g/mol. The molecule has 5 nitrogen and oxygen atoms in total. The molecule has 3 aromatic rings. The number of aromatic nitrogens is 2. The zero-order chi connectivity index (χ0) is 22.5. The molecule has 0 radical (unpaired) electrons. The van der Waals surface area contributed by atoms with Gasteiger partial charge in [0.25, 0.3) is 0 Å². The number of halogens is 1. The Morgan fingerprint density at radius 2 is 2.00 bits per heavy atom. The van der Waals surface area contributed by atoms with E-state index in [2.05, 4.69) is 16.0 Å². The first kappa shape index (κ1) is 22.7. The molecule has 6 heteroatoms. The molecule has 0 spiro atoms. The molecule has 0 saturated heterocycles. The van der Waals surface area contributed by atoms with Gasteiger partial charge in [-0.1, -0.05) is 43.0 Å². The lowest BCUT2D eigenvalue weighted by atomic mass is 9.88. The van der Waals surface area contributed by atoms with E-state index in [9.17, 15) is 4.79 Å². The second-order valence-corrected chi connectivity index (χ2v) is 9.20. The highest BCUT2D eigenvalue weighted by atomic mass is 35.5. The molecule has 1 aliphatic rings. The topological polar surface area (TPSA) is 56.1 Å². The lowest BCUT2D eigenvalue weighted by Crippen LogP contribution is -2.35. The number of carbonyl (C=O) groups excluding carboxylic acids is 1. The molecule has 2 aromatic carbocycles. The second-order valence-electron chi connectivity index (χ2n) is 8.79. The van der Waals surface area contributed by atoms with Crippen LogP contribution in [0.4, 0.5) is 0 Å². The molecular formula is C26H32ClN3O2. The second kappa shape index (κ2) is 10.4. The van der Waals surface area contributed by atoms with Crippen molar-refractivity contribution in [3.05, 3.63) is 58.9 Å². The van der Waals surface area contributed by atoms with Crippen molar-refractivity contribution in [1.82, 2.24) is 14.9 Å². The molecule has 1 unspecified atom stereocenters. The smallest absolute Gasteiger partial charge is 0.223 e. The molecular weight excluding hydrogens is 422 g/mol. The number of para-hydroxylation sites is 2. The number of carbonyl (C=O) groups is 1. The first-order chi connectivity index (χ1) is 15.5. The van der Waals surface area contributed by atoms with Crippen molar-refractivity contribution in [1.29, 1.82) is 0 Å². The van der Waals surface area contributed by atoms with Gasteiger partial charge in [-0.2, -0.15) is 0 Å². The molecule has 0 aliphatic heterocycles. The van der Waals surface area contributed by atoms with E-state index in [0.717, 1.165) is 71.8 Å². The molecule has 1 aliphatic carbocycles. The van der Waals surface area contributed by atoms with Gasteiger partial charge in [-0.3, -0.25) is 4.79 Å². The molecule has 32 heavy (non-hydrogen) atoms. The lowest BCUT2D eigenvalue weighted by Gasteiger charge is -2.23. The predicted molar refractivity (Wildman–Crippen MR) is 129 cm³/mol. The SMILES string of the molecule is Cc1cc(OCCCn2c(C(C)NC(=O)C3CCCCC3)nc3ccccc32)ccc1Cl. The van der Waals surface area contributed by atoms with E-state index in [1.54, 1.807) is 0 Å². The highest BCUT2D eigenvalue weighted by molar-refractivity contribution is 6.31. The predicted octanol–water partition coefficient (Wildman–Crippen LogP) is 6.22. The number of nitrogens with zero attached hydrogens (tertiary/aromatic N) is 2. The Morgan fingerprint density at radius 3 is 2.78 bits per heavy atom. The van der Waals surface area contributed by atoms with Gasteiger partial charge >= 0.3 is 0 Å². The van der Waals surface area contributed by atoms with Crippen molar-refractivity contribution in [2.45, 2.75) is 65.0 Å². The fourth-order valence-electron chi connectivity index (χ4n) is 4.54. The van der Waals surface area contributed by atoms with E-state index >= 15 is 0 Å². The summed E-state index contributed by atoms with van der Waals surface area (Å²) < 4.78 is 8.15. The van der Waals surface area contributed by atoms with Crippen LogP contribution in [-0.2, 0) is 11.3 Å². The van der Waals surface area contributed by atoms with E-state index in [-0.39, 0.29) is 17.9 Å². The van der Waals surface area contributed by atoms with Crippen molar-refractivity contribution in [3.63, 3.8) is 0 Å². The van der Waals surface area contributed by atoms with Crippen LogP contribution in [0.2, 0.25) is 5.02 Å². The number of rotatable bonds is 8. The van der Waals surface area contributed by atoms with E-state index < -0.39 is 0 Å². The Kier molecular flexibility index (Phi) is 7.36. The quantitative estimate of drug-likeness (QED) is 0.411. The van der Waals surface area contributed by atoms with Crippen molar-refractivity contribution >= 4 is 28.5 Å². The Hall–Kier alpha value is -2.53. The normalized spacial score (nSPS) is 15.6. The van der Waals surface area contributed by atoms with Gasteiger partial charge in [-0.05, 0) is 69.0 Å². The Balaban J connectivity index is 1.43. The molecule has 0 bridgehead atoms. The summed E-state index contributed by atoms with van der Waals surface area (Å²) >= 11 is 6.10. The number of nitrogens with one attached hydrogen (secondary N) is 1. The maximum Gasteiger partial charge on any atom is 0.223 e. The van der Waals surface area contributed by atoms with E-state index in [1.807, 2.05) is 50.2 Å². The van der Waals surface area contributed by atoms with Gasteiger partial charge in [0.2, 0.25) is 5.91 Å². The molecule has 1 amide bonds. The third-order valence-electron chi connectivity index (χ3n) is 6.33. The van der Waals surface area contributed by atoms with Crippen LogP contribution in [-0.4, -0.2) is 22.1 Å². The summed E-state index contributed by atoms with van der Waals surface area (Å²) in [7, 11) is 0. The summed E-state index contributed by atoms with van der Waals surface area (Å²) in [6.45, 7) is 5.37. The van der Waals surface area contributed by atoms with Gasteiger partial charge in [0, 0.05) is 17.5 Å². The van der Waals surface area contributed by atoms with Gasteiger partial charge in [-0.25, -0.2) is 4.98 Å². The Morgan fingerprint density at radius 1 is 1.22 bits per heavy atom. The molecule has 1 saturated carbocycles. The zero-order valence-electron chi connectivity index (χ0n) is 18.9. The molecule has 1 N–H and O–H groups in total. The number of aryl methyl sites for hydroxylation is 2. The highest BCUT2D eigenvalue weighted by Gasteiger charge is 2.24. The molecule has 1 atom stereocenters. The standard InChI is InChI=1S/C26H32ClN3O2/c1-18-17-21(13-14-22(18)27)32-16-8-15-30-24-12-7-6-11-23(24)29-25(30)19(2)28-26(31)20-9-4-3-5-10-20/h6-7,11-14,17,19-20H,3-5,8-10,15-16H2,1-2H3,(H,28,31). The van der Waals surface area contributed by atoms with Crippen LogP contribution in [0.25, 0.3) is 11.0 Å². The van der Waals surface area contributed by atoms with Gasteiger partial charge in [-0.15, -0.1) is 0 Å². The summed E-state index contributed by atoms with van der Waals surface area (Å²) in [5.41, 5.74) is 3.05. The largest absolute Gasteiger partial charge is 0.494 e. The molecule has 1 aromatic heterocycles. The third kappa shape index (κ3) is 5.26. The summed E-state index contributed by atoms with van der Waals surface area (Å²) in [6.07, 6.45) is 6.37. The van der Waals surface area contributed by atoms with Crippen molar-refractivity contribution in [2.24, 2.45) is 5.92 Å². The van der Waals surface area contributed by atoms with Crippen LogP contribution in [0.3, 0.4) is 0 Å². The minimum Gasteiger partial charge on any atom is -0.494 e. The number of amides is 1. The number of benzene rings is 2. The summed E-state index contributed by atoms with van der Waals surface area (Å²) in [4.78, 5) is 17.7. The maximum atomic E-state index is 12.8. The lowest BCUT2D eigenvalue weighted by molar-refractivity contribution is -0.126. The van der Waals surface area contributed by atoms with Crippen molar-refractivity contribution < 1.29 is 9.53 Å². The van der Waals surface area contributed by atoms with Crippen LogP contribution in [0.1, 0.15) is 62.9 Å². The number of hydrogen-bond acceptors (Lipinski definition) is 3.